The van der Waals surface area contributed by atoms with Crippen LogP contribution in [0.4, 0.5) is 13.2 Å². The van der Waals surface area contributed by atoms with Crippen molar-refractivity contribution < 1.29 is 22.8 Å². The molecular formula is C32H46F3N5O2. The Hall–Kier alpha value is -2.62. The lowest BCUT2D eigenvalue weighted by Gasteiger charge is -2.44. The summed E-state index contributed by atoms with van der Waals surface area (Å²) in [6.45, 7) is 2.37. The number of unbranched alkanes of at least 4 members (excludes halogenated alkanes) is 1. The molecule has 2 unspecified atom stereocenters. The zero-order valence-corrected chi connectivity index (χ0v) is 24.7. The van der Waals surface area contributed by atoms with Gasteiger partial charge in [0, 0.05) is 50.8 Å². The highest BCUT2D eigenvalue weighted by Gasteiger charge is 2.51. The first-order valence-corrected chi connectivity index (χ1v) is 16.1. The number of aromatic nitrogens is 2. The number of rotatable bonds is 8. The lowest BCUT2D eigenvalue weighted by atomic mass is 9.81. The van der Waals surface area contributed by atoms with Crippen LogP contribution in [0.5, 0.6) is 0 Å². The summed E-state index contributed by atoms with van der Waals surface area (Å²) in [6.07, 6.45) is 13.4. The molecule has 42 heavy (non-hydrogen) atoms. The fraction of sp³-hybridized carbons (Fsp3) is 0.719. The first kappa shape index (κ1) is 30.8. The normalized spacial score (nSPS) is 23.9. The third-order valence-electron chi connectivity index (χ3n) is 9.87. The molecule has 1 aliphatic carbocycles. The Balaban J connectivity index is 1.05. The number of hydrogen-bond acceptors (Lipinski definition) is 4. The van der Waals surface area contributed by atoms with Crippen molar-refractivity contribution in [2.45, 2.75) is 95.7 Å². The minimum atomic E-state index is -4.34. The number of fused-ring (bicyclic) bond motifs is 1. The summed E-state index contributed by atoms with van der Waals surface area (Å²) in [6, 6.07) is 3.90. The molecule has 7 nitrogen and oxygen atoms in total. The molecule has 2 amide bonds. The van der Waals surface area contributed by atoms with Gasteiger partial charge in [-0.2, -0.15) is 13.2 Å². The molecule has 2 aromatic rings. The molecule has 0 spiro atoms. The number of carbonyl (C=O) groups excluding carboxylic acids is 2. The van der Waals surface area contributed by atoms with Crippen molar-refractivity contribution in [3.8, 4) is 0 Å². The highest BCUT2D eigenvalue weighted by atomic mass is 19.4. The molecule has 1 saturated carbocycles. The molecule has 3 aliphatic rings. The van der Waals surface area contributed by atoms with E-state index >= 15 is 0 Å². The number of halogens is 3. The van der Waals surface area contributed by atoms with Crippen LogP contribution in [-0.4, -0.2) is 75.9 Å². The second kappa shape index (κ2) is 14.2. The van der Waals surface area contributed by atoms with Crippen molar-refractivity contribution in [3.05, 3.63) is 36.3 Å². The molecule has 2 saturated heterocycles. The number of piperidine rings is 2. The van der Waals surface area contributed by atoms with Crippen molar-refractivity contribution >= 4 is 17.5 Å². The van der Waals surface area contributed by atoms with Gasteiger partial charge in [0.1, 0.15) is 5.65 Å². The average Bonchev–Trinajstić information content (AvgIpc) is 3.44. The molecule has 0 aromatic carbocycles. The third kappa shape index (κ3) is 7.85. The Labute approximate surface area is 247 Å². The SMILES string of the molecule is O=C(NCCCCC1CCN(C(=O)C2CN(C3CCCCCCC3)CCC2C(F)(F)F)CC1)c1ccc2nccn2c1. The quantitative estimate of drug-likeness (QED) is 0.379. The second-order valence-electron chi connectivity index (χ2n) is 12.7. The number of hydrogen-bond donors (Lipinski definition) is 1. The minimum Gasteiger partial charge on any atom is -0.352 e. The molecular weight excluding hydrogens is 543 g/mol. The number of nitrogens with zero attached hydrogens (tertiary/aromatic N) is 4. The highest BCUT2D eigenvalue weighted by molar-refractivity contribution is 5.94. The van der Waals surface area contributed by atoms with Crippen LogP contribution in [0.25, 0.3) is 5.65 Å². The topological polar surface area (TPSA) is 70.0 Å². The van der Waals surface area contributed by atoms with E-state index in [0.29, 0.717) is 43.7 Å². The first-order valence-electron chi connectivity index (χ1n) is 16.1. The lowest BCUT2D eigenvalue weighted by Crippen LogP contribution is -2.55. The summed E-state index contributed by atoms with van der Waals surface area (Å²) < 4.78 is 44.0. The van der Waals surface area contributed by atoms with Crippen LogP contribution in [0.1, 0.15) is 93.8 Å². The largest absolute Gasteiger partial charge is 0.392 e. The van der Waals surface area contributed by atoms with Crippen LogP contribution in [0.2, 0.25) is 0 Å². The van der Waals surface area contributed by atoms with E-state index in [1.165, 1.54) is 19.3 Å². The van der Waals surface area contributed by atoms with Crippen molar-refractivity contribution in [1.29, 1.82) is 0 Å². The number of carbonyl (C=O) groups is 2. The van der Waals surface area contributed by atoms with Crippen LogP contribution in [0.3, 0.4) is 0 Å². The molecule has 1 N–H and O–H groups in total. The molecule has 2 aromatic heterocycles. The van der Waals surface area contributed by atoms with E-state index in [4.69, 9.17) is 0 Å². The molecule has 4 heterocycles. The molecule has 232 valence electrons. The zero-order chi connectivity index (χ0) is 29.5. The molecule has 2 aliphatic heterocycles. The van der Waals surface area contributed by atoms with Gasteiger partial charge in [-0.05, 0) is 63.1 Å². The fourth-order valence-electron chi connectivity index (χ4n) is 7.34. The second-order valence-corrected chi connectivity index (χ2v) is 12.7. The number of alkyl halides is 3. The number of nitrogens with one attached hydrogen (secondary N) is 1. The van der Waals surface area contributed by atoms with Gasteiger partial charge in [0.05, 0.1) is 17.4 Å². The van der Waals surface area contributed by atoms with Gasteiger partial charge >= 0.3 is 6.18 Å². The third-order valence-corrected chi connectivity index (χ3v) is 9.87. The Bertz CT molecular complexity index is 1170. The van der Waals surface area contributed by atoms with Crippen molar-refractivity contribution in [3.63, 3.8) is 0 Å². The van der Waals surface area contributed by atoms with Gasteiger partial charge in [0.25, 0.3) is 5.91 Å². The summed E-state index contributed by atoms with van der Waals surface area (Å²) in [5, 5.41) is 2.98. The molecule has 2 atom stereocenters. The van der Waals surface area contributed by atoms with E-state index in [1.807, 2.05) is 16.7 Å². The fourth-order valence-corrected chi connectivity index (χ4v) is 7.34. The summed E-state index contributed by atoms with van der Waals surface area (Å²) in [7, 11) is 0. The van der Waals surface area contributed by atoms with E-state index in [0.717, 1.165) is 63.4 Å². The number of pyridine rings is 1. The van der Waals surface area contributed by atoms with Gasteiger partial charge in [-0.1, -0.05) is 44.9 Å². The predicted molar refractivity (Wildman–Crippen MR) is 156 cm³/mol. The maximum absolute atomic E-state index is 14.0. The summed E-state index contributed by atoms with van der Waals surface area (Å²) in [5.74, 6) is -2.46. The van der Waals surface area contributed by atoms with Gasteiger partial charge in [-0.25, -0.2) is 4.98 Å². The van der Waals surface area contributed by atoms with E-state index in [1.54, 1.807) is 23.4 Å². The minimum absolute atomic E-state index is 0.0293. The summed E-state index contributed by atoms with van der Waals surface area (Å²) >= 11 is 0. The van der Waals surface area contributed by atoms with E-state index in [9.17, 15) is 22.8 Å². The lowest BCUT2D eigenvalue weighted by molar-refractivity contribution is -0.206. The molecule has 0 bridgehead atoms. The van der Waals surface area contributed by atoms with Gasteiger partial charge in [0.15, 0.2) is 0 Å². The summed E-state index contributed by atoms with van der Waals surface area (Å²) in [5.41, 5.74) is 1.39. The smallest absolute Gasteiger partial charge is 0.352 e. The molecule has 5 rings (SSSR count). The molecule has 3 fully saturated rings. The molecule has 10 heteroatoms. The van der Waals surface area contributed by atoms with E-state index < -0.39 is 18.0 Å². The van der Waals surface area contributed by atoms with Crippen molar-refractivity contribution in [2.24, 2.45) is 17.8 Å². The Morgan fingerprint density at radius 1 is 0.929 bits per heavy atom. The maximum Gasteiger partial charge on any atom is 0.392 e. The molecule has 0 radical (unpaired) electrons. The van der Waals surface area contributed by atoms with Crippen LogP contribution in [0.15, 0.2) is 30.7 Å². The van der Waals surface area contributed by atoms with Crippen LogP contribution in [0, 0.1) is 17.8 Å². The predicted octanol–water partition coefficient (Wildman–Crippen LogP) is 6.09. The Morgan fingerprint density at radius 3 is 2.40 bits per heavy atom. The number of amides is 2. The van der Waals surface area contributed by atoms with Crippen molar-refractivity contribution in [2.75, 3.05) is 32.7 Å². The van der Waals surface area contributed by atoms with Gasteiger partial charge in [-0.15, -0.1) is 0 Å². The first-order chi connectivity index (χ1) is 20.3. The summed E-state index contributed by atoms with van der Waals surface area (Å²) in [4.78, 5) is 34.2. The Kier molecular flexibility index (Phi) is 10.4. The van der Waals surface area contributed by atoms with Gasteiger partial charge < -0.3 is 14.6 Å². The van der Waals surface area contributed by atoms with E-state index in [-0.39, 0.29) is 24.8 Å². The standard InChI is InChI=1S/C32H46F3N5O2/c33-32(34,35)28-15-20-39(26-9-4-2-1-3-5-10-26)23-27(28)31(42)38-18-13-24(14-19-38)8-6-7-16-37-30(41)25-11-12-29-36-17-21-40(29)22-25/h11-12,17,21-22,24,26-28H,1-10,13-16,18-20,23H2,(H,37,41). The average molecular weight is 590 g/mol. The zero-order valence-electron chi connectivity index (χ0n) is 24.7. The van der Waals surface area contributed by atoms with Crippen LogP contribution < -0.4 is 5.32 Å². The van der Waals surface area contributed by atoms with Crippen LogP contribution >= 0.6 is 0 Å². The monoisotopic (exact) mass is 589 g/mol. The van der Waals surface area contributed by atoms with Gasteiger partial charge in [0.2, 0.25) is 5.91 Å². The number of likely N-dealkylation sites (tertiary alicyclic amines) is 2. The number of imidazole rings is 1. The highest BCUT2D eigenvalue weighted by Crippen LogP contribution is 2.40. The van der Waals surface area contributed by atoms with Gasteiger partial charge in [-0.3, -0.25) is 14.5 Å². The maximum atomic E-state index is 14.0. The Morgan fingerprint density at radius 2 is 1.67 bits per heavy atom. The van der Waals surface area contributed by atoms with E-state index in [2.05, 4.69) is 15.2 Å². The van der Waals surface area contributed by atoms with Crippen molar-refractivity contribution in [1.82, 2.24) is 24.5 Å². The van der Waals surface area contributed by atoms with Crippen LogP contribution in [-0.2, 0) is 4.79 Å².